The third-order valence-electron chi connectivity index (χ3n) is 5.70. The number of hydrogen-bond donors (Lipinski definition) is 1. The highest BCUT2D eigenvalue weighted by Gasteiger charge is 2.22. The van der Waals surface area contributed by atoms with Gasteiger partial charge in [0.15, 0.2) is 0 Å². The number of benzene rings is 2. The molecule has 0 aliphatic carbocycles. The Morgan fingerprint density at radius 1 is 0.970 bits per heavy atom. The minimum absolute atomic E-state index is 0.0815. The number of carbonyl (C=O) groups is 2. The lowest BCUT2D eigenvalue weighted by Gasteiger charge is -2.35. The van der Waals surface area contributed by atoms with E-state index in [0.717, 1.165) is 54.6 Å². The number of aromatic nitrogens is 2. The van der Waals surface area contributed by atoms with Crippen molar-refractivity contribution in [3.63, 3.8) is 0 Å². The number of carbonyl (C=O) groups excluding carboxylic acids is 2. The molecule has 2 heterocycles. The number of piperazine rings is 1. The number of rotatable bonds is 6. The fourth-order valence-electron chi connectivity index (χ4n) is 3.87. The quantitative estimate of drug-likeness (QED) is 0.630. The number of anilines is 3. The summed E-state index contributed by atoms with van der Waals surface area (Å²) >= 11 is 0. The summed E-state index contributed by atoms with van der Waals surface area (Å²) in [7, 11) is 1.82. The molecule has 4 rings (SSSR count). The molecule has 2 amide bonds. The third-order valence-corrected chi connectivity index (χ3v) is 5.70. The highest BCUT2D eigenvalue weighted by atomic mass is 16.2. The van der Waals surface area contributed by atoms with Crippen molar-refractivity contribution in [2.75, 3.05) is 54.9 Å². The zero-order chi connectivity index (χ0) is 23.2. The second kappa shape index (κ2) is 10.2. The fourth-order valence-corrected chi connectivity index (χ4v) is 3.87. The van der Waals surface area contributed by atoms with Crippen LogP contribution in [0.2, 0.25) is 0 Å². The Bertz CT molecular complexity index is 1110. The van der Waals surface area contributed by atoms with Crippen molar-refractivity contribution in [2.24, 2.45) is 0 Å². The molecule has 1 aliphatic rings. The molecule has 8 heteroatoms. The van der Waals surface area contributed by atoms with Gasteiger partial charge in [-0.2, -0.15) is 0 Å². The van der Waals surface area contributed by atoms with Crippen LogP contribution >= 0.6 is 0 Å². The molecule has 1 aliphatic heterocycles. The van der Waals surface area contributed by atoms with Crippen LogP contribution in [0.1, 0.15) is 6.92 Å². The smallest absolute Gasteiger partial charge is 0.240 e. The van der Waals surface area contributed by atoms with Crippen LogP contribution in [0.3, 0.4) is 0 Å². The molecule has 8 nitrogen and oxygen atoms in total. The molecule has 0 atom stereocenters. The van der Waals surface area contributed by atoms with Crippen molar-refractivity contribution in [2.45, 2.75) is 6.92 Å². The number of hydrogen-bond acceptors (Lipinski definition) is 6. The van der Waals surface area contributed by atoms with Gasteiger partial charge in [0.2, 0.25) is 11.8 Å². The minimum atomic E-state index is -0.109. The molecule has 0 bridgehead atoms. The lowest BCUT2D eigenvalue weighted by Crippen LogP contribution is -2.50. The van der Waals surface area contributed by atoms with Crippen LogP contribution in [0.25, 0.3) is 11.3 Å². The van der Waals surface area contributed by atoms with E-state index < -0.39 is 0 Å². The second-order valence-corrected chi connectivity index (χ2v) is 8.07. The molecule has 3 aromatic rings. The van der Waals surface area contributed by atoms with Gasteiger partial charge in [0.05, 0.1) is 12.2 Å². The number of nitrogens with zero attached hydrogens (tertiary/aromatic N) is 5. The SMILES string of the molecule is CC(=O)Nc1cccc(-c2cc(N3CCN(CC(=O)N(C)c4ccccc4)CC3)ncn2)c1. The molecule has 33 heavy (non-hydrogen) atoms. The molecule has 0 saturated carbocycles. The average Bonchev–Trinajstić information content (AvgIpc) is 2.84. The Kier molecular flexibility index (Phi) is 6.95. The first kappa shape index (κ1) is 22.4. The summed E-state index contributed by atoms with van der Waals surface area (Å²) in [5.41, 5.74) is 3.35. The van der Waals surface area contributed by atoms with Gasteiger partial charge in [-0.25, -0.2) is 9.97 Å². The number of nitrogens with one attached hydrogen (secondary N) is 1. The van der Waals surface area contributed by atoms with E-state index in [1.165, 1.54) is 6.92 Å². The molecular formula is C25H28N6O2. The van der Waals surface area contributed by atoms with Crippen molar-refractivity contribution in [1.29, 1.82) is 0 Å². The number of amides is 2. The molecule has 2 aromatic carbocycles. The van der Waals surface area contributed by atoms with Gasteiger partial charge < -0.3 is 15.1 Å². The summed E-state index contributed by atoms with van der Waals surface area (Å²) in [6.45, 7) is 5.01. The van der Waals surface area contributed by atoms with E-state index >= 15 is 0 Å². The van der Waals surface area contributed by atoms with Gasteiger partial charge in [-0.3, -0.25) is 14.5 Å². The summed E-state index contributed by atoms with van der Waals surface area (Å²) in [5, 5.41) is 2.80. The third kappa shape index (κ3) is 5.72. The van der Waals surface area contributed by atoms with Crippen LogP contribution < -0.4 is 15.1 Å². The predicted octanol–water partition coefficient (Wildman–Crippen LogP) is 2.89. The highest BCUT2D eigenvalue weighted by Crippen LogP contribution is 2.24. The van der Waals surface area contributed by atoms with Crippen molar-refractivity contribution < 1.29 is 9.59 Å². The first-order chi connectivity index (χ1) is 16.0. The molecule has 1 fully saturated rings. The zero-order valence-corrected chi connectivity index (χ0v) is 18.9. The highest BCUT2D eigenvalue weighted by molar-refractivity contribution is 5.94. The largest absolute Gasteiger partial charge is 0.354 e. The minimum Gasteiger partial charge on any atom is -0.354 e. The maximum Gasteiger partial charge on any atom is 0.240 e. The molecule has 0 unspecified atom stereocenters. The Morgan fingerprint density at radius 2 is 1.73 bits per heavy atom. The molecule has 1 N–H and O–H groups in total. The van der Waals surface area contributed by atoms with E-state index in [1.54, 1.807) is 11.2 Å². The summed E-state index contributed by atoms with van der Waals surface area (Å²) in [4.78, 5) is 39.0. The molecule has 0 radical (unpaired) electrons. The van der Waals surface area contributed by atoms with Crippen LogP contribution in [0.5, 0.6) is 0 Å². The van der Waals surface area contributed by atoms with E-state index in [-0.39, 0.29) is 11.8 Å². The summed E-state index contributed by atoms with van der Waals surface area (Å²) in [6.07, 6.45) is 1.57. The zero-order valence-electron chi connectivity index (χ0n) is 18.9. The van der Waals surface area contributed by atoms with Crippen LogP contribution in [0.15, 0.2) is 67.0 Å². The molecule has 1 saturated heterocycles. The normalized spacial score (nSPS) is 14.1. The standard InChI is InChI=1S/C25H28N6O2/c1-19(32)28-21-8-6-7-20(15-21)23-16-24(27-18-26-23)31-13-11-30(12-14-31)17-25(33)29(2)22-9-4-3-5-10-22/h3-10,15-16,18H,11-14,17H2,1-2H3,(H,28,32). The maximum atomic E-state index is 12.7. The Morgan fingerprint density at radius 3 is 2.45 bits per heavy atom. The van der Waals surface area contributed by atoms with Crippen LogP contribution in [-0.4, -0.2) is 66.5 Å². The molecule has 0 spiro atoms. The van der Waals surface area contributed by atoms with E-state index in [4.69, 9.17) is 0 Å². The van der Waals surface area contributed by atoms with E-state index in [1.807, 2.05) is 67.7 Å². The van der Waals surface area contributed by atoms with Gasteiger partial charge in [-0.05, 0) is 24.3 Å². The van der Waals surface area contributed by atoms with E-state index in [2.05, 4.69) is 25.1 Å². The van der Waals surface area contributed by atoms with Gasteiger partial charge in [0, 0.05) is 63.2 Å². The van der Waals surface area contributed by atoms with E-state index in [0.29, 0.717) is 6.54 Å². The number of para-hydroxylation sites is 1. The fraction of sp³-hybridized carbons (Fsp3) is 0.280. The first-order valence-corrected chi connectivity index (χ1v) is 11.0. The van der Waals surface area contributed by atoms with Crippen LogP contribution in [0.4, 0.5) is 17.2 Å². The van der Waals surface area contributed by atoms with Gasteiger partial charge >= 0.3 is 0 Å². The summed E-state index contributed by atoms with van der Waals surface area (Å²) < 4.78 is 0. The van der Waals surface area contributed by atoms with E-state index in [9.17, 15) is 9.59 Å². The lowest BCUT2D eigenvalue weighted by atomic mass is 10.1. The van der Waals surface area contributed by atoms with Gasteiger partial charge in [-0.15, -0.1) is 0 Å². The van der Waals surface area contributed by atoms with Crippen molar-refractivity contribution in [3.05, 3.63) is 67.0 Å². The maximum absolute atomic E-state index is 12.7. The van der Waals surface area contributed by atoms with Gasteiger partial charge in [0.1, 0.15) is 12.1 Å². The number of likely N-dealkylation sites (N-methyl/N-ethyl adjacent to an activating group) is 1. The van der Waals surface area contributed by atoms with Crippen molar-refractivity contribution >= 4 is 29.0 Å². The topological polar surface area (TPSA) is 81.7 Å². The predicted molar refractivity (Wildman–Crippen MR) is 130 cm³/mol. The van der Waals surface area contributed by atoms with Crippen molar-refractivity contribution in [1.82, 2.24) is 14.9 Å². The first-order valence-electron chi connectivity index (χ1n) is 11.0. The van der Waals surface area contributed by atoms with Gasteiger partial charge in [0.25, 0.3) is 0 Å². The molecule has 1 aromatic heterocycles. The summed E-state index contributed by atoms with van der Waals surface area (Å²) in [5.74, 6) is 0.831. The Labute approximate surface area is 193 Å². The Balaban J connectivity index is 1.36. The Hall–Kier alpha value is -3.78. The monoisotopic (exact) mass is 444 g/mol. The molecule has 170 valence electrons. The lowest BCUT2D eigenvalue weighted by molar-refractivity contribution is -0.119. The summed E-state index contributed by atoms with van der Waals surface area (Å²) in [6, 6.07) is 19.3. The van der Waals surface area contributed by atoms with Crippen LogP contribution in [0, 0.1) is 0 Å². The van der Waals surface area contributed by atoms with Crippen LogP contribution in [-0.2, 0) is 9.59 Å². The molecular weight excluding hydrogens is 416 g/mol. The van der Waals surface area contributed by atoms with Gasteiger partial charge in [-0.1, -0.05) is 30.3 Å². The van der Waals surface area contributed by atoms with Crippen molar-refractivity contribution in [3.8, 4) is 11.3 Å². The second-order valence-electron chi connectivity index (χ2n) is 8.07. The average molecular weight is 445 g/mol.